The summed E-state index contributed by atoms with van der Waals surface area (Å²) in [6, 6.07) is 4.72. The monoisotopic (exact) mass is 287 g/mol. The van der Waals surface area contributed by atoms with Crippen LogP contribution in [-0.4, -0.2) is 28.7 Å². The van der Waals surface area contributed by atoms with Gasteiger partial charge in [-0.05, 0) is 30.5 Å². The molecule has 3 rings (SSSR count). The van der Waals surface area contributed by atoms with Gasteiger partial charge in [0, 0.05) is 24.6 Å². The molecular formula is C15H17N3O3. The molecule has 0 aliphatic carbocycles. The molecule has 6 heteroatoms. The van der Waals surface area contributed by atoms with Crippen molar-refractivity contribution in [2.45, 2.75) is 38.4 Å². The first-order valence-electron chi connectivity index (χ1n) is 7.01. The first kappa shape index (κ1) is 13.8. The zero-order valence-corrected chi connectivity index (χ0v) is 11.8. The molecule has 1 aromatic rings. The van der Waals surface area contributed by atoms with Gasteiger partial charge in [-0.2, -0.15) is 0 Å². The Labute approximate surface area is 122 Å². The van der Waals surface area contributed by atoms with Crippen LogP contribution in [0.5, 0.6) is 0 Å². The lowest BCUT2D eigenvalue weighted by Crippen LogP contribution is -2.52. The number of carbonyl (C=O) groups is 3. The van der Waals surface area contributed by atoms with Gasteiger partial charge >= 0.3 is 0 Å². The van der Waals surface area contributed by atoms with Crippen molar-refractivity contribution in [3.05, 3.63) is 34.9 Å². The van der Waals surface area contributed by atoms with Crippen LogP contribution in [0.25, 0.3) is 0 Å². The standard InChI is InChI=1S/C15H17N3O3/c1-8(16)9-3-2-4-10-11(9)7-18(15(10)21)12-5-6-13(19)17-14(12)20/h2-4,8,12H,5-7,16H2,1H3,(H,17,19,20). The van der Waals surface area contributed by atoms with Gasteiger partial charge in [-0.3, -0.25) is 19.7 Å². The number of carbonyl (C=O) groups excluding carboxylic acids is 3. The Morgan fingerprint density at radius 1 is 1.33 bits per heavy atom. The van der Waals surface area contributed by atoms with Crippen LogP contribution in [0, 0.1) is 0 Å². The van der Waals surface area contributed by atoms with Crippen LogP contribution in [0.4, 0.5) is 0 Å². The van der Waals surface area contributed by atoms with E-state index in [0.29, 0.717) is 18.5 Å². The first-order valence-corrected chi connectivity index (χ1v) is 7.01. The summed E-state index contributed by atoms with van der Waals surface area (Å²) in [6.45, 7) is 2.24. The van der Waals surface area contributed by atoms with Crippen molar-refractivity contribution in [3.8, 4) is 0 Å². The van der Waals surface area contributed by atoms with E-state index in [0.717, 1.165) is 11.1 Å². The average molecular weight is 287 g/mol. The van der Waals surface area contributed by atoms with Crippen LogP contribution in [0.1, 0.15) is 47.3 Å². The Morgan fingerprint density at radius 3 is 2.76 bits per heavy atom. The fraction of sp³-hybridized carbons (Fsp3) is 0.400. The van der Waals surface area contributed by atoms with Crippen LogP contribution in [0.3, 0.4) is 0 Å². The number of benzene rings is 1. The molecule has 0 bridgehead atoms. The highest BCUT2D eigenvalue weighted by Gasteiger charge is 2.39. The molecule has 0 saturated carbocycles. The van der Waals surface area contributed by atoms with Gasteiger partial charge in [0.1, 0.15) is 6.04 Å². The molecule has 2 heterocycles. The van der Waals surface area contributed by atoms with E-state index in [4.69, 9.17) is 5.73 Å². The molecule has 1 aromatic carbocycles. The molecule has 1 saturated heterocycles. The number of amides is 3. The number of nitrogens with two attached hydrogens (primary N) is 1. The number of hydrogen-bond donors (Lipinski definition) is 2. The second-order valence-corrected chi connectivity index (χ2v) is 5.56. The molecule has 3 amide bonds. The maximum atomic E-state index is 12.5. The SMILES string of the molecule is CC(N)c1cccc2c1CN(C1CCC(=O)NC1=O)C2=O. The first-order chi connectivity index (χ1) is 9.99. The minimum absolute atomic E-state index is 0.165. The van der Waals surface area contributed by atoms with E-state index in [-0.39, 0.29) is 24.3 Å². The van der Waals surface area contributed by atoms with E-state index in [9.17, 15) is 14.4 Å². The number of nitrogens with zero attached hydrogens (tertiary/aromatic N) is 1. The lowest BCUT2D eigenvalue weighted by atomic mass is 9.99. The van der Waals surface area contributed by atoms with E-state index < -0.39 is 11.9 Å². The summed E-state index contributed by atoms with van der Waals surface area (Å²) in [4.78, 5) is 37.2. The number of nitrogens with one attached hydrogen (secondary N) is 1. The van der Waals surface area contributed by atoms with E-state index in [2.05, 4.69) is 5.32 Å². The minimum Gasteiger partial charge on any atom is -0.324 e. The highest BCUT2D eigenvalue weighted by Crippen LogP contribution is 2.31. The summed E-state index contributed by atoms with van der Waals surface area (Å²) < 4.78 is 0. The summed E-state index contributed by atoms with van der Waals surface area (Å²) in [5.74, 6) is -0.839. The molecular weight excluding hydrogens is 270 g/mol. The van der Waals surface area contributed by atoms with Crippen molar-refractivity contribution in [3.63, 3.8) is 0 Å². The topological polar surface area (TPSA) is 92.5 Å². The Kier molecular flexibility index (Phi) is 3.25. The molecule has 0 spiro atoms. The second-order valence-electron chi connectivity index (χ2n) is 5.56. The number of imide groups is 1. The van der Waals surface area contributed by atoms with Crippen molar-refractivity contribution >= 4 is 17.7 Å². The minimum atomic E-state index is -0.580. The lowest BCUT2D eigenvalue weighted by Gasteiger charge is -2.29. The summed E-state index contributed by atoms with van der Waals surface area (Å²) in [7, 11) is 0. The summed E-state index contributed by atoms with van der Waals surface area (Å²) in [5, 5.41) is 2.29. The van der Waals surface area contributed by atoms with Crippen molar-refractivity contribution in [1.29, 1.82) is 0 Å². The molecule has 6 nitrogen and oxygen atoms in total. The normalized spacial score (nSPS) is 23.0. The predicted molar refractivity (Wildman–Crippen MR) is 75.1 cm³/mol. The third kappa shape index (κ3) is 2.21. The van der Waals surface area contributed by atoms with Gasteiger partial charge in [0.15, 0.2) is 0 Å². The van der Waals surface area contributed by atoms with Crippen molar-refractivity contribution in [2.75, 3.05) is 0 Å². The molecule has 110 valence electrons. The van der Waals surface area contributed by atoms with Crippen LogP contribution in [0.2, 0.25) is 0 Å². The van der Waals surface area contributed by atoms with Crippen LogP contribution in [-0.2, 0) is 16.1 Å². The molecule has 3 N–H and O–H groups in total. The Hall–Kier alpha value is -2.21. The summed E-state index contributed by atoms with van der Waals surface area (Å²) >= 11 is 0. The van der Waals surface area contributed by atoms with Gasteiger partial charge in [0.25, 0.3) is 5.91 Å². The van der Waals surface area contributed by atoms with E-state index in [1.54, 1.807) is 11.0 Å². The number of fused-ring (bicyclic) bond motifs is 1. The number of piperidine rings is 1. The average Bonchev–Trinajstić information content (AvgIpc) is 2.76. The van der Waals surface area contributed by atoms with E-state index in [1.165, 1.54) is 0 Å². The third-order valence-electron chi connectivity index (χ3n) is 4.11. The fourth-order valence-corrected chi connectivity index (χ4v) is 3.04. The highest BCUT2D eigenvalue weighted by molar-refractivity contribution is 6.05. The summed E-state index contributed by atoms with van der Waals surface area (Å²) in [6.07, 6.45) is 0.634. The molecule has 2 atom stereocenters. The smallest absolute Gasteiger partial charge is 0.255 e. The molecule has 0 radical (unpaired) electrons. The fourth-order valence-electron chi connectivity index (χ4n) is 3.04. The van der Waals surface area contributed by atoms with Crippen LogP contribution < -0.4 is 11.1 Å². The zero-order chi connectivity index (χ0) is 15.1. The maximum absolute atomic E-state index is 12.5. The largest absolute Gasteiger partial charge is 0.324 e. The Morgan fingerprint density at radius 2 is 2.10 bits per heavy atom. The van der Waals surface area contributed by atoms with Crippen molar-refractivity contribution < 1.29 is 14.4 Å². The predicted octanol–water partition coefficient (Wildman–Crippen LogP) is 0.467. The van der Waals surface area contributed by atoms with Gasteiger partial charge in [0.2, 0.25) is 11.8 Å². The molecule has 2 aliphatic heterocycles. The van der Waals surface area contributed by atoms with Crippen LogP contribution >= 0.6 is 0 Å². The molecule has 2 unspecified atom stereocenters. The lowest BCUT2D eigenvalue weighted by molar-refractivity contribution is -0.136. The van der Waals surface area contributed by atoms with Crippen molar-refractivity contribution in [1.82, 2.24) is 10.2 Å². The van der Waals surface area contributed by atoms with Gasteiger partial charge in [0.05, 0.1) is 0 Å². The van der Waals surface area contributed by atoms with E-state index >= 15 is 0 Å². The van der Waals surface area contributed by atoms with Gasteiger partial charge in [-0.25, -0.2) is 0 Å². The third-order valence-corrected chi connectivity index (χ3v) is 4.11. The van der Waals surface area contributed by atoms with Crippen LogP contribution in [0.15, 0.2) is 18.2 Å². The second kappa shape index (κ2) is 4.96. The van der Waals surface area contributed by atoms with Crippen molar-refractivity contribution in [2.24, 2.45) is 5.73 Å². The molecule has 1 fully saturated rings. The summed E-state index contributed by atoms with van der Waals surface area (Å²) in [5.41, 5.74) is 8.37. The maximum Gasteiger partial charge on any atom is 0.255 e. The molecule has 0 aromatic heterocycles. The van der Waals surface area contributed by atoms with Gasteiger partial charge in [-0.15, -0.1) is 0 Å². The number of hydrogen-bond acceptors (Lipinski definition) is 4. The Balaban J connectivity index is 1.92. The quantitative estimate of drug-likeness (QED) is 0.773. The molecule has 21 heavy (non-hydrogen) atoms. The van der Waals surface area contributed by atoms with E-state index in [1.807, 2.05) is 19.1 Å². The highest BCUT2D eigenvalue weighted by atomic mass is 16.2. The van der Waals surface area contributed by atoms with Gasteiger partial charge < -0.3 is 10.6 Å². The molecule has 2 aliphatic rings. The van der Waals surface area contributed by atoms with Gasteiger partial charge in [-0.1, -0.05) is 12.1 Å². The Bertz CT molecular complexity index is 639. The zero-order valence-electron chi connectivity index (χ0n) is 11.8. The number of rotatable bonds is 2.